The van der Waals surface area contributed by atoms with Gasteiger partial charge in [-0.25, -0.2) is 4.39 Å². The topological polar surface area (TPSA) is 114 Å². The van der Waals surface area contributed by atoms with E-state index in [9.17, 15) is 14.4 Å². The van der Waals surface area contributed by atoms with Crippen LogP contribution in [0.3, 0.4) is 0 Å². The van der Waals surface area contributed by atoms with Gasteiger partial charge in [0, 0.05) is 36.7 Å². The Hall–Kier alpha value is -4.03. The van der Waals surface area contributed by atoms with E-state index in [0.717, 1.165) is 30.6 Å². The molecule has 1 atom stereocenters. The highest BCUT2D eigenvalue weighted by Crippen LogP contribution is 2.48. The Balaban J connectivity index is 1.36. The third kappa shape index (κ3) is 6.18. The Morgan fingerprint density at radius 2 is 1.85 bits per heavy atom. The van der Waals surface area contributed by atoms with Crippen LogP contribution < -0.4 is 16.0 Å². The molecule has 3 amide bonds. The number of benzene rings is 2. The summed E-state index contributed by atoms with van der Waals surface area (Å²) in [6.07, 6.45) is 9.25. The van der Waals surface area contributed by atoms with E-state index in [4.69, 9.17) is 5.26 Å². The molecule has 3 aliphatic rings. The van der Waals surface area contributed by atoms with Crippen LogP contribution in [0.15, 0.2) is 48.6 Å². The minimum Gasteiger partial charge on any atom is -0.344 e. The molecule has 1 aliphatic heterocycles. The summed E-state index contributed by atoms with van der Waals surface area (Å²) in [6.45, 7) is 5.55. The van der Waals surface area contributed by atoms with E-state index >= 15 is 4.39 Å². The lowest BCUT2D eigenvalue weighted by Crippen LogP contribution is -2.40. The summed E-state index contributed by atoms with van der Waals surface area (Å²) < 4.78 is 15.5. The van der Waals surface area contributed by atoms with E-state index in [2.05, 4.69) is 46.0 Å². The molecule has 5 rings (SSSR count). The van der Waals surface area contributed by atoms with Gasteiger partial charge in [-0.1, -0.05) is 43.3 Å². The normalized spacial score (nSPS) is 21.3. The van der Waals surface area contributed by atoms with Crippen molar-refractivity contribution in [2.24, 2.45) is 0 Å². The van der Waals surface area contributed by atoms with Crippen molar-refractivity contribution in [3.8, 4) is 6.07 Å². The van der Waals surface area contributed by atoms with Gasteiger partial charge in [0.25, 0.3) is 5.91 Å². The maximum atomic E-state index is 15.5. The van der Waals surface area contributed by atoms with Gasteiger partial charge in [0.15, 0.2) is 0 Å². The van der Waals surface area contributed by atoms with Crippen molar-refractivity contribution in [3.63, 3.8) is 0 Å². The molecular formula is C32H36FN5O3. The van der Waals surface area contributed by atoms with Crippen molar-refractivity contribution < 1.29 is 18.8 Å². The molecule has 2 fully saturated rings. The minimum absolute atomic E-state index is 0.0408. The van der Waals surface area contributed by atoms with Crippen LogP contribution in [0.5, 0.6) is 0 Å². The number of rotatable bonds is 8. The molecule has 41 heavy (non-hydrogen) atoms. The molecule has 1 heterocycles. The van der Waals surface area contributed by atoms with Crippen LogP contribution in [0, 0.1) is 24.1 Å². The third-order valence-corrected chi connectivity index (χ3v) is 8.51. The summed E-state index contributed by atoms with van der Waals surface area (Å²) in [5, 5.41) is 16.4. The fraction of sp³-hybridized carbons (Fsp3) is 0.438. The van der Waals surface area contributed by atoms with Gasteiger partial charge in [0.05, 0.1) is 11.6 Å². The number of amides is 3. The van der Waals surface area contributed by atoms with Crippen molar-refractivity contribution >= 4 is 17.7 Å². The van der Waals surface area contributed by atoms with Crippen LogP contribution in [-0.2, 0) is 27.1 Å². The lowest BCUT2D eigenvalue weighted by Gasteiger charge is -2.34. The van der Waals surface area contributed by atoms with E-state index in [-0.39, 0.29) is 30.2 Å². The largest absolute Gasteiger partial charge is 0.344 e. The van der Waals surface area contributed by atoms with E-state index in [1.807, 2.05) is 6.92 Å². The Kier molecular flexibility index (Phi) is 7.96. The lowest BCUT2D eigenvalue weighted by molar-refractivity contribution is -0.139. The molecule has 2 aromatic carbocycles. The zero-order chi connectivity index (χ0) is 29.2. The predicted molar refractivity (Wildman–Crippen MR) is 152 cm³/mol. The SMILES string of the molecule is Cc1c(F)cc(C2(NC(=O)c3ccccc3CNC(=O)C(=O)NCC#N)CC2)cc1C1(C)C=CCCN(C2CC2)C1. The number of nitriles is 1. The van der Waals surface area contributed by atoms with Crippen molar-refractivity contribution in [3.05, 3.63) is 82.2 Å². The van der Waals surface area contributed by atoms with Crippen LogP contribution in [0.2, 0.25) is 0 Å². The average Bonchev–Trinajstić information content (AvgIpc) is 3.87. The smallest absolute Gasteiger partial charge is 0.310 e. The number of halogens is 1. The number of nitrogens with zero attached hydrogens (tertiary/aromatic N) is 2. The fourth-order valence-electron chi connectivity index (χ4n) is 5.86. The van der Waals surface area contributed by atoms with Gasteiger partial charge in [-0.2, -0.15) is 5.26 Å². The van der Waals surface area contributed by atoms with Crippen LogP contribution in [-0.4, -0.2) is 48.3 Å². The van der Waals surface area contributed by atoms with Crippen LogP contribution in [0.1, 0.15) is 71.6 Å². The predicted octanol–water partition coefficient (Wildman–Crippen LogP) is 3.49. The van der Waals surface area contributed by atoms with Gasteiger partial charge in [-0.05, 0) is 73.4 Å². The van der Waals surface area contributed by atoms with E-state index in [1.165, 1.54) is 12.8 Å². The number of hydrogen-bond donors (Lipinski definition) is 3. The molecule has 0 aromatic heterocycles. The quantitative estimate of drug-likeness (QED) is 0.261. The fourth-order valence-corrected chi connectivity index (χ4v) is 5.86. The highest BCUT2D eigenvalue weighted by molar-refractivity contribution is 6.35. The van der Waals surface area contributed by atoms with Gasteiger partial charge < -0.3 is 16.0 Å². The van der Waals surface area contributed by atoms with Crippen molar-refractivity contribution in [2.75, 3.05) is 19.6 Å². The van der Waals surface area contributed by atoms with E-state index < -0.39 is 17.4 Å². The maximum absolute atomic E-state index is 15.5. The van der Waals surface area contributed by atoms with E-state index in [0.29, 0.717) is 35.6 Å². The standard InChI is InChI=1S/C32H36FN5O3/c1-21-26(31(2)11-5-6-16-38(20-31)24-9-10-24)17-23(18-27(21)33)32(12-13-32)37-28(39)25-8-4-3-7-22(25)19-36-30(41)29(40)35-15-14-34/h3-5,7-8,11,17-18,24H,6,9-10,12-13,15-16,19-20H2,1-2H3,(H,35,40)(H,36,41)(H,37,39). The van der Waals surface area contributed by atoms with Gasteiger partial charge in [-0.3, -0.25) is 19.3 Å². The highest BCUT2D eigenvalue weighted by atomic mass is 19.1. The third-order valence-electron chi connectivity index (χ3n) is 8.51. The van der Waals surface area contributed by atoms with Crippen molar-refractivity contribution in [2.45, 2.75) is 69.5 Å². The zero-order valence-electron chi connectivity index (χ0n) is 23.6. The molecule has 0 bridgehead atoms. The Morgan fingerprint density at radius 3 is 2.56 bits per heavy atom. The molecule has 2 saturated carbocycles. The minimum atomic E-state index is -0.917. The highest BCUT2D eigenvalue weighted by Gasteiger charge is 2.47. The molecule has 1 unspecified atom stereocenters. The first-order chi connectivity index (χ1) is 19.7. The van der Waals surface area contributed by atoms with Crippen LogP contribution in [0.25, 0.3) is 0 Å². The summed E-state index contributed by atoms with van der Waals surface area (Å²) in [4.78, 5) is 39.9. The van der Waals surface area contributed by atoms with Crippen molar-refractivity contribution in [1.29, 1.82) is 5.26 Å². The number of carbonyl (C=O) groups is 3. The monoisotopic (exact) mass is 557 g/mol. The summed E-state index contributed by atoms with van der Waals surface area (Å²) in [5.41, 5.74) is 2.24. The second-order valence-electron chi connectivity index (χ2n) is 11.7. The summed E-state index contributed by atoms with van der Waals surface area (Å²) in [6, 6.07) is 12.8. The second-order valence-corrected chi connectivity index (χ2v) is 11.7. The first-order valence-corrected chi connectivity index (χ1v) is 14.2. The van der Waals surface area contributed by atoms with Gasteiger partial charge in [0.2, 0.25) is 0 Å². The van der Waals surface area contributed by atoms with Crippen LogP contribution in [0.4, 0.5) is 4.39 Å². The van der Waals surface area contributed by atoms with Crippen LogP contribution >= 0.6 is 0 Å². The molecule has 214 valence electrons. The summed E-state index contributed by atoms with van der Waals surface area (Å²) in [7, 11) is 0. The molecule has 0 radical (unpaired) electrons. The molecule has 0 saturated heterocycles. The van der Waals surface area contributed by atoms with E-state index in [1.54, 1.807) is 36.4 Å². The molecular weight excluding hydrogens is 521 g/mol. The average molecular weight is 558 g/mol. The molecule has 9 heteroatoms. The summed E-state index contributed by atoms with van der Waals surface area (Å²) >= 11 is 0. The first kappa shape index (κ1) is 28.5. The Labute approximate surface area is 240 Å². The Bertz CT molecular complexity index is 1440. The summed E-state index contributed by atoms with van der Waals surface area (Å²) in [5.74, 6) is -2.41. The van der Waals surface area contributed by atoms with Gasteiger partial charge >= 0.3 is 11.8 Å². The first-order valence-electron chi connectivity index (χ1n) is 14.2. The van der Waals surface area contributed by atoms with Crippen molar-refractivity contribution in [1.82, 2.24) is 20.9 Å². The lowest BCUT2D eigenvalue weighted by atomic mass is 9.78. The van der Waals surface area contributed by atoms with Gasteiger partial charge in [-0.15, -0.1) is 0 Å². The maximum Gasteiger partial charge on any atom is 0.310 e. The Morgan fingerprint density at radius 1 is 1.12 bits per heavy atom. The second kappa shape index (κ2) is 11.5. The molecule has 3 N–H and O–H groups in total. The zero-order valence-corrected chi connectivity index (χ0v) is 23.6. The molecule has 2 aliphatic carbocycles. The number of hydrogen-bond acceptors (Lipinski definition) is 5. The number of carbonyl (C=O) groups excluding carboxylic acids is 3. The number of nitrogens with one attached hydrogen (secondary N) is 3. The molecule has 0 spiro atoms. The molecule has 8 nitrogen and oxygen atoms in total. The molecule has 2 aromatic rings. The van der Waals surface area contributed by atoms with Gasteiger partial charge in [0.1, 0.15) is 12.4 Å².